The van der Waals surface area contributed by atoms with Gasteiger partial charge in [-0.25, -0.2) is 9.78 Å². The summed E-state index contributed by atoms with van der Waals surface area (Å²) in [5.74, 6) is -0.355. The number of pyridine rings is 1. The van der Waals surface area contributed by atoms with E-state index in [1.54, 1.807) is 18.2 Å². The van der Waals surface area contributed by atoms with Crippen molar-refractivity contribution in [2.75, 3.05) is 0 Å². The number of nitrogens with zero attached hydrogens (tertiary/aromatic N) is 1. The van der Waals surface area contributed by atoms with Gasteiger partial charge in [-0.05, 0) is 30.3 Å². The first-order valence-corrected chi connectivity index (χ1v) is 7.29. The van der Waals surface area contributed by atoms with Crippen LogP contribution in [0.1, 0.15) is 16.1 Å². The van der Waals surface area contributed by atoms with Gasteiger partial charge in [-0.1, -0.05) is 46.3 Å². The number of fused-ring (bicyclic) bond motifs is 1. The second kappa shape index (κ2) is 6.06. The number of benzene rings is 2. The third-order valence-electron chi connectivity index (χ3n) is 3.07. The van der Waals surface area contributed by atoms with Crippen LogP contribution < -0.4 is 0 Å². The lowest BCUT2D eigenvalue weighted by atomic mass is 10.2. The lowest BCUT2D eigenvalue weighted by molar-refractivity contribution is 0.0468. The van der Waals surface area contributed by atoms with Crippen molar-refractivity contribution >= 4 is 32.8 Å². The Balaban J connectivity index is 1.72. The van der Waals surface area contributed by atoms with E-state index in [1.165, 1.54) is 0 Å². The molecular formula is C17H12BrNO2. The fourth-order valence-corrected chi connectivity index (χ4v) is 2.43. The molecule has 3 nitrogen and oxygen atoms in total. The molecule has 0 bridgehead atoms. The molecule has 0 unspecified atom stereocenters. The van der Waals surface area contributed by atoms with E-state index in [1.807, 2.05) is 42.5 Å². The summed E-state index contributed by atoms with van der Waals surface area (Å²) in [6.07, 6.45) is 0. The average Bonchev–Trinajstić information content (AvgIpc) is 2.52. The van der Waals surface area contributed by atoms with Crippen LogP contribution in [0.15, 0.2) is 65.1 Å². The van der Waals surface area contributed by atoms with Crippen LogP contribution in [0.4, 0.5) is 0 Å². The minimum Gasteiger partial charge on any atom is -0.456 e. The van der Waals surface area contributed by atoms with E-state index in [2.05, 4.69) is 20.9 Å². The van der Waals surface area contributed by atoms with Crippen LogP contribution in [0, 0.1) is 0 Å². The highest BCUT2D eigenvalue weighted by Gasteiger charge is 2.08. The van der Waals surface area contributed by atoms with Crippen molar-refractivity contribution in [2.45, 2.75) is 6.61 Å². The summed E-state index contributed by atoms with van der Waals surface area (Å²) in [5, 5.41) is 1.07. The second-order valence-corrected chi connectivity index (χ2v) is 5.50. The fourth-order valence-electron chi connectivity index (χ4n) is 2.03. The molecule has 0 amide bonds. The van der Waals surface area contributed by atoms with Crippen LogP contribution in [0.3, 0.4) is 0 Å². The molecule has 104 valence electrons. The molecule has 0 spiro atoms. The third kappa shape index (κ3) is 3.28. The molecule has 0 aliphatic heterocycles. The zero-order chi connectivity index (χ0) is 14.7. The van der Waals surface area contributed by atoms with Gasteiger partial charge in [-0.2, -0.15) is 0 Å². The van der Waals surface area contributed by atoms with Crippen LogP contribution in [-0.4, -0.2) is 11.0 Å². The molecule has 3 aromatic rings. The van der Waals surface area contributed by atoms with Crippen molar-refractivity contribution in [3.8, 4) is 0 Å². The summed E-state index contributed by atoms with van der Waals surface area (Å²) in [6.45, 7) is 0.163. The number of hydrogen-bond donors (Lipinski definition) is 0. The molecule has 0 atom stereocenters. The van der Waals surface area contributed by atoms with Gasteiger partial charge in [0.2, 0.25) is 0 Å². The summed E-state index contributed by atoms with van der Waals surface area (Å²) in [5.41, 5.74) is 2.15. The van der Waals surface area contributed by atoms with Gasteiger partial charge in [-0.3, -0.25) is 0 Å². The second-order valence-electron chi connectivity index (χ2n) is 4.58. The Morgan fingerprint density at radius 3 is 2.76 bits per heavy atom. The Morgan fingerprint density at radius 2 is 1.90 bits per heavy atom. The Hall–Kier alpha value is -2.20. The van der Waals surface area contributed by atoms with E-state index in [0.29, 0.717) is 5.56 Å². The van der Waals surface area contributed by atoms with Gasteiger partial charge < -0.3 is 4.74 Å². The van der Waals surface area contributed by atoms with Crippen LogP contribution in [0.25, 0.3) is 10.9 Å². The maximum absolute atomic E-state index is 12.0. The van der Waals surface area contributed by atoms with Crippen LogP contribution >= 0.6 is 15.9 Å². The summed E-state index contributed by atoms with van der Waals surface area (Å²) in [4.78, 5) is 16.4. The molecule has 0 N–H and O–H groups in total. The molecule has 3 rings (SSSR count). The number of rotatable bonds is 3. The van der Waals surface area contributed by atoms with Crippen molar-refractivity contribution < 1.29 is 9.53 Å². The van der Waals surface area contributed by atoms with Gasteiger partial charge >= 0.3 is 5.97 Å². The maximum Gasteiger partial charge on any atom is 0.338 e. The minimum atomic E-state index is -0.355. The van der Waals surface area contributed by atoms with Crippen molar-refractivity contribution in [2.24, 2.45) is 0 Å². The van der Waals surface area contributed by atoms with E-state index in [9.17, 15) is 4.79 Å². The van der Waals surface area contributed by atoms with Crippen LogP contribution in [0.2, 0.25) is 0 Å². The van der Waals surface area contributed by atoms with Crippen molar-refractivity contribution in [1.82, 2.24) is 4.98 Å². The highest BCUT2D eigenvalue weighted by Crippen LogP contribution is 2.15. The lowest BCUT2D eigenvalue weighted by Crippen LogP contribution is -2.06. The number of aromatic nitrogens is 1. The molecule has 2 aromatic carbocycles. The van der Waals surface area contributed by atoms with E-state index < -0.39 is 0 Å². The van der Waals surface area contributed by atoms with E-state index in [0.717, 1.165) is 21.1 Å². The average molecular weight is 342 g/mol. The molecule has 0 aliphatic carbocycles. The Kier molecular flexibility index (Phi) is 3.97. The number of halogens is 1. The number of esters is 1. The molecule has 0 saturated carbocycles. The summed E-state index contributed by atoms with van der Waals surface area (Å²) >= 11 is 3.33. The largest absolute Gasteiger partial charge is 0.456 e. The van der Waals surface area contributed by atoms with Crippen molar-refractivity contribution in [1.29, 1.82) is 0 Å². The van der Waals surface area contributed by atoms with Gasteiger partial charge in [0.1, 0.15) is 6.61 Å². The zero-order valence-electron chi connectivity index (χ0n) is 11.1. The molecule has 0 saturated heterocycles. The Bertz CT molecular complexity index is 801. The predicted octanol–water partition coefficient (Wildman–Crippen LogP) is 4.35. The first-order valence-electron chi connectivity index (χ1n) is 6.50. The van der Waals surface area contributed by atoms with Gasteiger partial charge in [-0.15, -0.1) is 0 Å². The minimum absolute atomic E-state index is 0.163. The number of carbonyl (C=O) groups excluding carboxylic acids is 1. The molecular weight excluding hydrogens is 330 g/mol. The third-order valence-corrected chi connectivity index (χ3v) is 3.56. The molecule has 0 aliphatic rings. The molecule has 21 heavy (non-hydrogen) atoms. The van der Waals surface area contributed by atoms with Gasteiger partial charge in [0.25, 0.3) is 0 Å². The monoisotopic (exact) mass is 341 g/mol. The van der Waals surface area contributed by atoms with Gasteiger partial charge in [0.05, 0.1) is 16.8 Å². The molecule has 1 heterocycles. The number of carbonyl (C=O) groups is 1. The van der Waals surface area contributed by atoms with Crippen LogP contribution in [0.5, 0.6) is 0 Å². The SMILES string of the molecule is O=C(OCc1ccc2ccccc2n1)c1cccc(Br)c1. The topological polar surface area (TPSA) is 39.2 Å². The van der Waals surface area contributed by atoms with Crippen molar-refractivity contribution in [3.05, 3.63) is 76.4 Å². The molecule has 0 radical (unpaired) electrons. The van der Waals surface area contributed by atoms with E-state index >= 15 is 0 Å². The predicted molar refractivity (Wildman–Crippen MR) is 85.0 cm³/mol. The molecule has 0 fully saturated rings. The number of ether oxygens (including phenoxy) is 1. The van der Waals surface area contributed by atoms with Crippen LogP contribution in [-0.2, 0) is 11.3 Å². The van der Waals surface area contributed by atoms with E-state index in [-0.39, 0.29) is 12.6 Å². The van der Waals surface area contributed by atoms with Gasteiger partial charge in [0.15, 0.2) is 0 Å². The van der Waals surface area contributed by atoms with Crippen molar-refractivity contribution in [3.63, 3.8) is 0 Å². The highest BCUT2D eigenvalue weighted by atomic mass is 79.9. The standard InChI is InChI=1S/C17H12BrNO2/c18-14-6-3-5-13(10-14)17(20)21-11-15-9-8-12-4-1-2-7-16(12)19-15/h1-10H,11H2. The van der Waals surface area contributed by atoms with Gasteiger partial charge in [0, 0.05) is 9.86 Å². The smallest absolute Gasteiger partial charge is 0.338 e. The summed E-state index contributed by atoms with van der Waals surface area (Å²) < 4.78 is 6.14. The highest BCUT2D eigenvalue weighted by molar-refractivity contribution is 9.10. The lowest BCUT2D eigenvalue weighted by Gasteiger charge is -2.06. The number of hydrogen-bond acceptors (Lipinski definition) is 3. The first-order chi connectivity index (χ1) is 10.2. The molecule has 4 heteroatoms. The fraction of sp³-hybridized carbons (Fsp3) is 0.0588. The van der Waals surface area contributed by atoms with E-state index in [4.69, 9.17) is 4.74 Å². The normalized spacial score (nSPS) is 10.5. The Labute approximate surface area is 130 Å². The number of para-hydroxylation sites is 1. The Morgan fingerprint density at radius 1 is 1.05 bits per heavy atom. The quantitative estimate of drug-likeness (QED) is 0.664. The zero-order valence-corrected chi connectivity index (χ0v) is 12.7. The summed E-state index contributed by atoms with van der Waals surface area (Å²) in [7, 11) is 0. The maximum atomic E-state index is 12.0. The summed E-state index contributed by atoms with van der Waals surface area (Å²) in [6, 6.07) is 18.8. The molecule has 1 aromatic heterocycles. The first kappa shape index (κ1) is 13.8.